The van der Waals surface area contributed by atoms with Crippen molar-refractivity contribution in [3.63, 3.8) is 0 Å². The molecule has 28 heavy (non-hydrogen) atoms. The van der Waals surface area contributed by atoms with Crippen molar-refractivity contribution in [3.8, 4) is 0 Å². The minimum Gasteiger partial charge on any atom is -0.467 e. The van der Waals surface area contributed by atoms with Crippen molar-refractivity contribution in [1.82, 2.24) is 9.88 Å². The van der Waals surface area contributed by atoms with Crippen molar-refractivity contribution in [1.29, 1.82) is 0 Å². The zero-order chi connectivity index (χ0) is 19.1. The molecule has 0 unspecified atom stereocenters. The number of hydrogen-bond acceptors (Lipinski definition) is 3. The highest BCUT2D eigenvalue weighted by Crippen LogP contribution is 2.37. The molecule has 2 aromatic carbocycles. The number of para-hydroxylation sites is 2. The molecule has 140 valence electrons. The normalized spacial score (nSPS) is 16.2. The third kappa shape index (κ3) is 2.59. The van der Waals surface area contributed by atoms with Gasteiger partial charge in [0.2, 0.25) is 0 Å². The fraction of sp³-hybridized carbons (Fsp3) is 0.174. The Bertz CT molecular complexity index is 1140. The minimum absolute atomic E-state index is 0.00301. The molecule has 0 spiro atoms. The second-order valence-electron chi connectivity index (χ2n) is 7.04. The van der Waals surface area contributed by atoms with Gasteiger partial charge in [0.1, 0.15) is 11.9 Å². The number of benzene rings is 2. The SMILES string of the molecule is CCc1cccc2c([C@@H]3Nc4ccccc4C(=O)N3Cc3ccco3)c[nH]c12. The molecule has 1 aliphatic heterocycles. The van der Waals surface area contributed by atoms with Crippen molar-refractivity contribution in [2.24, 2.45) is 0 Å². The zero-order valence-corrected chi connectivity index (χ0v) is 15.6. The van der Waals surface area contributed by atoms with Crippen molar-refractivity contribution in [2.45, 2.75) is 26.1 Å². The largest absolute Gasteiger partial charge is 0.467 e. The number of hydrogen-bond donors (Lipinski definition) is 2. The smallest absolute Gasteiger partial charge is 0.258 e. The number of furan rings is 1. The number of H-pyrrole nitrogens is 1. The Morgan fingerprint density at radius 1 is 1.07 bits per heavy atom. The molecule has 4 aromatic rings. The molecule has 0 aliphatic carbocycles. The second kappa shape index (κ2) is 6.60. The van der Waals surface area contributed by atoms with Gasteiger partial charge in [0.15, 0.2) is 0 Å². The first-order valence-electron chi connectivity index (χ1n) is 9.54. The summed E-state index contributed by atoms with van der Waals surface area (Å²) in [6, 6.07) is 17.7. The maximum atomic E-state index is 13.3. The van der Waals surface area contributed by atoms with E-state index in [2.05, 4.69) is 35.4 Å². The molecule has 1 amide bonds. The highest BCUT2D eigenvalue weighted by molar-refractivity contribution is 6.02. The molecular formula is C23H21N3O2. The highest BCUT2D eigenvalue weighted by Gasteiger charge is 2.34. The van der Waals surface area contributed by atoms with Crippen LogP contribution in [0.5, 0.6) is 0 Å². The van der Waals surface area contributed by atoms with Crippen LogP contribution in [0.4, 0.5) is 5.69 Å². The van der Waals surface area contributed by atoms with Crippen LogP contribution in [0.25, 0.3) is 10.9 Å². The first-order valence-corrected chi connectivity index (χ1v) is 9.54. The van der Waals surface area contributed by atoms with Crippen LogP contribution in [0.3, 0.4) is 0 Å². The zero-order valence-electron chi connectivity index (χ0n) is 15.6. The molecule has 2 aromatic heterocycles. The fourth-order valence-electron chi connectivity index (χ4n) is 4.03. The van der Waals surface area contributed by atoms with E-state index in [4.69, 9.17) is 4.42 Å². The Hall–Kier alpha value is -3.47. The third-order valence-corrected chi connectivity index (χ3v) is 5.44. The number of nitrogens with zero attached hydrogens (tertiary/aromatic N) is 1. The number of aromatic nitrogens is 1. The van der Waals surface area contributed by atoms with Crippen LogP contribution in [0.2, 0.25) is 0 Å². The van der Waals surface area contributed by atoms with Gasteiger partial charge in [-0.3, -0.25) is 4.79 Å². The maximum absolute atomic E-state index is 13.3. The van der Waals surface area contributed by atoms with Gasteiger partial charge in [-0.25, -0.2) is 0 Å². The summed E-state index contributed by atoms with van der Waals surface area (Å²) in [5.74, 6) is 0.755. The Balaban J connectivity index is 1.64. The lowest BCUT2D eigenvalue weighted by molar-refractivity contribution is 0.0653. The van der Waals surface area contributed by atoms with Gasteiger partial charge in [-0.05, 0) is 36.2 Å². The predicted molar refractivity (Wildman–Crippen MR) is 109 cm³/mol. The summed E-state index contributed by atoms with van der Waals surface area (Å²) in [6.07, 6.45) is 4.32. The molecule has 5 nitrogen and oxygen atoms in total. The lowest BCUT2D eigenvalue weighted by atomic mass is 10.0. The standard InChI is InChI=1S/C23H21N3O2/c1-2-15-7-5-10-17-19(13-24-21(15)17)22-25-20-11-4-3-9-18(20)23(27)26(22)14-16-8-6-12-28-16/h3-13,22,24-25H,2,14H2,1H3/t22-/m1/s1. The Kier molecular flexibility index (Phi) is 3.93. The van der Waals surface area contributed by atoms with Crippen molar-refractivity contribution < 1.29 is 9.21 Å². The molecule has 5 rings (SSSR count). The van der Waals surface area contributed by atoms with Crippen molar-refractivity contribution in [3.05, 3.63) is 89.5 Å². The van der Waals surface area contributed by atoms with Crippen LogP contribution in [0.1, 0.15) is 40.3 Å². The molecule has 1 aliphatic rings. The van der Waals surface area contributed by atoms with E-state index in [-0.39, 0.29) is 12.1 Å². The molecule has 0 fully saturated rings. The predicted octanol–water partition coefficient (Wildman–Crippen LogP) is 5.09. The van der Waals surface area contributed by atoms with Crippen molar-refractivity contribution >= 4 is 22.5 Å². The summed E-state index contributed by atoms with van der Waals surface area (Å²) in [6.45, 7) is 2.55. The average Bonchev–Trinajstić information content (AvgIpc) is 3.39. The summed E-state index contributed by atoms with van der Waals surface area (Å²) >= 11 is 0. The Morgan fingerprint density at radius 2 is 1.96 bits per heavy atom. The third-order valence-electron chi connectivity index (χ3n) is 5.44. The van der Waals surface area contributed by atoms with Gasteiger partial charge < -0.3 is 19.6 Å². The van der Waals surface area contributed by atoms with Gasteiger partial charge in [-0.15, -0.1) is 0 Å². The lowest BCUT2D eigenvalue weighted by Gasteiger charge is -2.37. The van der Waals surface area contributed by atoms with Gasteiger partial charge in [-0.1, -0.05) is 37.3 Å². The molecule has 1 atom stereocenters. The van der Waals surface area contributed by atoms with E-state index < -0.39 is 0 Å². The number of rotatable bonds is 4. The lowest BCUT2D eigenvalue weighted by Crippen LogP contribution is -2.42. The summed E-state index contributed by atoms with van der Waals surface area (Å²) < 4.78 is 5.53. The van der Waals surface area contributed by atoms with E-state index >= 15 is 0 Å². The van der Waals surface area contributed by atoms with E-state index in [1.807, 2.05) is 47.5 Å². The monoisotopic (exact) mass is 371 g/mol. The van der Waals surface area contributed by atoms with Crippen molar-refractivity contribution in [2.75, 3.05) is 5.32 Å². The highest BCUT2D eigenvalue weighted by atomic mass is 16.3. The minimum atomic E-state index is -0.284. The van der Waals surface area contributed by atoms with E-state index in [1.165, 1.54) is 5.56 Å². The Morgan fingerprint density at radius 3 is 2.79 bits per heavy atom. The molecule has 0 saturated heterocycles. The van der Waals surface area contributed by atoms with Gasteiger partial charge >= 0.3 is 0 Å². The number of aryl methyl sites for hydroxylation is 1. The molecule has 5 heteroatoms. The van der Waals surface area contributed by atoms with Gasteiger partial charge in [0, 0.05) is 28.4 Å². The van der Waals surface area contributed by atoms with E-state index in [0.717, 1.165) is 34.3 Å². The summed E-state index contributed by atoms with van der Waals surface area (Å²) in [7, 11) is 0. The topological polar surface area (TPSA) is 61.3 Å². The van der Waals surface area contributed by atoms with Gasteiger partial charge in [0.25, 0.3) is 5.91 Å². The van der Waals surface area contributed by atoms with Crippen LogP contribution in [-0.4, -0.2) is 15.8 Å². The first-order chi connectivity index (χ1) is 13.8. The fourth-order valence-corrected chi connectivity index (χ4v) is 4.03. The van der Waals surface area contributed by atoms with Crippen LogP contribution < -0.4 is 5.32 Å². The summed E-state index contributed by atoms with van der Waals surface area (Å²) in [4.78, 5) is 18.6. The van der Waals surface area contributed by atoms with E-state index in [9.17, 15) is 4.79 Å². The molecule has 0 saturated carbocycles. The Labute approximate surface area is 163 Å². The summed E-state index contributed by atoms with van der Waals surface area (Å²) in [5, 5.41) is 4.70. The molecule has 0 bridgehead atoms. The van der Waals surface area contributed by atoms with Crippen LogP contribution in [-0.2, 0) is 13.0 Å². The van der Waals surface area contributed by atoms with Gasteiger partial charge in [-0.2, -0.15) is 0 Å². The number of amides is 1. The molecule has 3 heterocycles. The molecular weight excluding hydrogens is 350 g/mol. The number of carbonyl (C=O) groups excluding carboxylic acids is 1. The van der Waals surface area contributed by atoms with E-state index in [1.54, 1.807) is 6.26 Å². The number of carbonyl (C=O) groups is 1. The quantitative estimate of drug-likeness (QED) is 0.525. The van der Waals surface area contributed by atoms with Crippen LogP contribution >= 0.6 is 0 Å². The molecule has 2 N–H and O–H groups in total. The van der Waals surface area contributed by atoms with Crippen LogP contribution in [0, 0.1) is 0 Å². The maximum Gasteiger partial charge on any atom is 0.258 e. The first kappa shape index (κ1) is 16.7. The van der Waals surface area contributed by atoms with Crippen LogP contribution in [0.15, 0.2) is 71.5 Å². The number of fused-ring (bicyclic) bond motifs is 2. The summed E-state index contributed by atoms with van der Waals surface area (Å²) in [5.41, 5.74) is 4.99. The average molecular weight is 371 g/mol. The second-order valence-corrected chi connectivity index (χ2v) is 7.04. The molecule has 0 radical (unpaired) electrons. The van der Waals surface area contributed by atoms with Gasteiger partial charge in [0.05, 0.1) is 18.4 Å². The number of anilines is 1. The van der Waals surface area contributed by atoms with E-state index in [0.29, 0.717) is 12.1 Å². The number of aromatic amines is 1. The number of nitrogens with one attached hydrogen (secondary N) is 2.